The van der Waals surface area contributed by atoms with Crippen molar-refractivity contribution in [1.82, 2.24) is 0 Å². The van der Waals surface area contributed by atoms with Crippen LogP contribution < -0.4 is 4.90 Å². The van der Waals surface area contributed by atoms with E-state index in [1.54, 1.807) is 12.1 Å². The molecule has 0 fully saturated rings. The lowest BCUT2D eigenvalue weighted by Crippen LogP contribution is -2.30. The van der Waals surface area contributed by atoms with E-state index in [0.717, 1.165) is 44.3 Å². The Bertz CT molecular complexity index is 488. The van der Waals surface area contributed by atoms with Crippen molar-refractivity contribution in [2.75, 3.05) is 18.0 Å². The van der Waals surface area contributed by atoms with E-state index in [9.17, 15) is 4.79 Å². The van der Waals surface area contributed by atoms with Crippen molar-refractivity contribution in [3.8, 4) is 12.3 Å². The van der Waals surface area contributed by atoms with Crippen LogP contribution in [0, 0.1) is 12.3 Å². The largest absolute Gasteiger partial charge is 0.478 e. The van der Waals surface area contributed by atoms with Crippen molar-refractivity contribution in [3.63, 3.8) is 0 Å². The Morgan fingerprint density at radius 1 is 1.50 bits per heavy atom. The summed E-state index contributed by atoms with van der Waals surface area (Å²) in [5.74, 6) is 1.79. The molecular weight excluding hydrogens is 226 g/mol. The number of nitrogens with zero attached hydrogens (tertiary/aromatic N) is 1. The van der Waals surface area contributed by atoms with E-state index in [4.69, 9.17) is 11.5 Å². The third-order valence-corrected chi connectivity index (χ3v) is 3.29. The number of aromatic carboxylic acids is 1. The van der Waals surface area contributed by atoms with Gasteiger partial charge in [-0.1, -0.05) is 0 Å². The molecule has 0 aromatic heterocycles. The summed E-state index contributed by atoms with van der Waals surface area (Å²) in [5, 5.41) is 8.99. The number of carboxylic acid groups (broad SMARTS) is 1. The van der Waals surface area contributed by atoms with Gasteiger partial charge >= 0.3 is 5.97 Å². The van der Waals surface area contributed by atoms with Crippen LogP contribution in [0.5, 0.6) is 0 Å². The summed E-state index contributed by atoms with van der Waals surface area (Å²) < 4.78 is 0. The fraction of sp³-hybridized carbons (Fsp3) is 0.400. The van der Waals surface area contributed by atoms with E-state index < -0.39 is 5.97 Å². The molecule has 1 aliphatic heterocycles. The number of carboxylic acids is 1. The number of rotatable bonds is 4. The summed E-state index contributed by atoms with van der Waals surface area (Å²) in [6.45, 7) is 1.98. The van der Waals surface area contributed by atoms with E-state index >= 15 is 0 Å². The second kappa shape index (κ2) is 5.59. The lowest BCUT2D eigenvalue weighted by Gasteiger charge is -2.31. The molecule has 0 spiro atoms. The van der Waals surface area contributed by atoms with Gasteiger partial charge in [-0.3, -0.25) is 0 Å². The van der Waals surface area contributed by atoms with E-state index in [1.807, 2.05) is 6.07 Å². The molecule has 0 unspecified atom stereocenters. The number of terminal acetylenes is 1. The summed E-state index contributed by atoms with van der Waals surface area (Å²) >= 11 is 0. The van der Waals surface area contributed by atoms with E-state index in [2.05, 4.69) is 10.8 Å². The highest BCUT2D eigenvalue weighted by Crippen LogP contribution is 2.28. The average molecular weight is 243 g/mol. The Hall–Kier alpha value is -1.95. The maximum atomic E-state index is 10.9. The quantitative estimate of drug-likeness (QED) is 0.652. The molecule has 0 bridgehead atoms. The minimum atomic E-state index is -0.859. The van der Waals surface area contributed by atoms with Gasteiger partial charge in [-0.15, -0.1) is 12.3 Å². The molecule has 3 nitrogen and oxygen atoms in total. The van der Waals surface area contributed by atoms with Gasteiger partial charge in [0, 0.05) is 25.2 Å². The lowest BCUT2D eigenvalue weighted by atomic mass is 9.99. The molecule has 3 heteroatoms. The molecule has 2 rings (SSSR count). The first-order valence-corrected chi connectivity index (χ1v) is 6.27. The molecule has 1 aromatic rings. The maximum Gasteiger partial charge on any atom is 0.335 e. The number of aryl methyl sites for hydroxylation is 1. The average Bonchev–Trinajstić information content (AvgIpc) is 2.38. The van der Waals surface area contributed by atoms with Gasteiger partial charge in [-0.25, -0.2) is 4.79 Å². The molecule has 0 amide bonds. The number of anilines is 1. The van der Waals surface area contributed by atoms with Gasteiger partial charge in [-0.2, -0.15) is 0 Å². The highest BCUT2D eigenvalue weighted by molar-refractivity contribution is 5.88. The first-order valence-electron chi connectivity index (χ1n) is 6.27. The highest BCUT2D eigenvalue weighted by Gasteiger charge is 2.17. The molecule has 1 aliphatic rings. The predicted molar refractivity (Wildman–Crippen MR) is 72.0 cm³/mol. The molecule has 1 heterocycles. The Labute approximate surface area is 107 Å². The standard InChI is InChI=1S/C15H17NO2/c1-2-3-4-9-16-10-5-6-12-11-13(15(17)18)7-8-14(12)16/h1,7-8,11H,3-6,9-10H2,(H,17,18). The molecule has 94 valence electrons. The Morgan fingerprint density at radius 2 is 2.33 bits per heavy atom. The molecule has 18 heavy (non-hydrogen) atoms. The number of unbranched alkanes of at least 4 members (excludes halogenated alkanes) is 1. The number of hydrogen-bond donors (Lipinski definition) is 1. The third kappa shape index (κ3) is 2.65. The molecule has 1 N–H and O–H groups in total. The normalized spacial score (nSPS) is 13.8. The van der Waals surface area contributed by atoms with Gasteiger partial charge in [-0.05, 0) is 43.0 Å². The maximum absolute atomic E-state index is 10.9. The fourth-order valence-corrected chi connectivity index (χ4v) is 2.41. The van der Waals surface area contributed by atoms with Crippen LogP contribution in [0.3, 0.4) is 0 Å². The van der Waals surface area contributed by atoms with Gasteiger partial charge in [0.05, 0.1) is 5.56 Å². The van der Waals surface area contributed by atoms with Crippen molar-refractivity contribution in [2.45, 2.75) is 25.7 Å². The minimum absolute atomic E-state index is 0.374. The smallest absolute Gasteiger partial charge is 0.335 e. The van der Waals surface area contributed by atoms with Crippen LogP contribution in [0.1, 0.15) is 35.2 Å². The van der Waals surface area contributed by atoms with Crippen molar-refractivity contribution in [2.24, 2.45) is 0 Å². The molecule has 1 aromatic carbocycles. The van der Waals surface area contributed by atoms with Gasteiger partial charge in [0.1, 0.15) is 0 Å². The third-order valence-electron chi connectivity index (χ3n) is 3.29. The monoisotopic (exact) mass is 243 g/mol. The zero-order valence-corrected chi connectivity index (χ0v) is 10.4. The fourth-order valence-electron chi connectivity index (χ4n) is 2.41. The van der Waals surface area contributed by atoms with E-state index in [1.165, 1.54) is 5.69 Å². The summed E-state index contributed by atoms with van der Waals surface area (Å²) in [6.07, 6.45) is 9.07. The van der Waals surface area contributed by atoms with Crippen LogP contribution >= 0.6 is 0 Å². The zero-order valence-electron chi connectivity index (χ0n) is 10.4. The van der Waals surface area contributed by atoms with Crippen LogP contribution in [0.15, 0.2) is 18.2 Å². The summed E-state index contributed by atoms with van der Waals surface area (Å²) in [5.41, 5.74) is 2.68. The van der Waals surface area contributed by atoms with Crippen LogP contribution in [-0.4, -0.2) is 24.2 Å². The van der Waals surface area contributed by atoms with Gasteiger partial charge < -0.3 is 10.0 Å². The molecule has 0 aliphatic carbocycles. The van der Waals surface area contributed by atoms with Crippen molar-refractivity contribution in [3.05, 3.63) is 29.3 Å². The summed E-state index contributed by atoms with van der Waals surface area (Å²) in [7, 11) is 0. The highest BCUT2D eigenvalue weighted by atomic mass is 16.4. The van der Waals surface area contributed by atoms with Crippen molar-refractivity contribution in [1.29, 1.82) is 0 Å². The Kier molecular flexibility index (Phi) is 3.88. The lowest BCUT2D eigenvalue weighted by molar-refractivity contribution is 0.0697. The first kappa shape index (κ1) is 12.5. The number of fused-ring (bicyclic) bond motifs is 1. The topological polar surface area (TPSA) is 40.5 Å². The van der Waals surface area contributed by atoms with Gasteiger partial charge in [0.2, 0.25) is 0 Å². The van der Waals surface area contributed by atoms with E-state index in [0.29, 0.717) is 5.56 Å². The SMILES string of the molecule is C#CCCCN1CCCc2cc(C(=O)O)ccc21. The van der Waals surface area contributed by atoms with E-state index in [-0.39, 0.29) is 0 Å². The van der Waals surface area contributed by atoms with Crippen molar-refractivity contribution < 1.29 is 9.90 Å². The van der Waals surface area contributed by atoms with Crippen LogP contribution in [-0.2, 0) is 6.42 Å². The number of hydrogen-bond acceptors (Lipinski definition) is 2. The Morgan fingerprint density at radius 3 is 3.06 bits per heavy atom. The minimum Gasteiger partial charge on any atom is -0.478 e. The van der Waals surface area contributed by atoms with Crippen LogP contribution in [0.25, 0.3) is 0 Å². The van der Waals surface area contributed by atoms with Gasteiger partial charge in [0.25, 0.3) is 0 Å². The molecular formula is C15H17NO2. The second-order valence-corrected chi connectivity index (χ2v) is 4.55. The number of carbonyl (C=O) groups is 1. The molecule has 0 saturated heterocycles. The second-order valence-electron chi connectivity index (χ2n) is 4.55. The molecule has 0 atom stereocenters. The zero-order chi connectivity index (χ0) is 13.0. The molecule has 0 radical (unpaired) electrons. The first-order chi connectivity index (χ1) is 8.72. The van der Waals surface area contributed by atoms with Crippen LogP contribution in [0.4, 0.5) is 5.69 Å². The molecule has 0 saturated carbocycles. The summed E-state index contributed by atoms with van der Waals surface area (Å²) in [4.78, 5) is 13.3. The predicted octanol–water partition coefficient (Wildman–Crippen LogP) is 2.55. The van der Waals surface area contributed by atoms with Crippen LogP contribution in [0.2, 0.25) is 0 Å². The van der Waals surface area contributed by atoms with Gasteiger partial charge in [0.15, 0.2) is 0 Å². The summed E-state index contributed by atoms with van der Waals surface area (Å²) in [6, 6.07) is 5.40. The van der Waals surface area contributed by atoms with Crippen molar-refractivity contribution >= 4 is 11.7 Å². The number of benzene rings is 1. The Balaban J connectivity index is 2.17.